The fourth-order valence-electron chi connectivity index (χ4n) is 1.53. The Bertz CT molecular complexity index is 541. The number of hydrogen-bond donors (Lipinski definition) is 2. The molecule has 0 fully saturated rings. The van der Waals surface area contributed by atoms with Gasteiger partial charge in [-0.3, -0.25) is 4.79 Å². The van der Waals surface area contributed by atoms with Gasteiger partial charge in [0.15, 0.2) is 0 Å². The van der Waals surface area contributed by atoms with Crippen molar-refractivity contribution in [3.63, 3.8) is 0 Å². The lowest BCUT2D eigenvalue weighted by Gasteiger charge is -2.11. The normalized spacial score (nSPS) is 12.9. The number of nitrogens with one attached hydrogen (secondary N) is 1. The van der Waals surface area contributed by atoms with E-state index in [9.17, 15) is 13.2 Å². The van der Waals surface area contributed by atoms with E-state index in [1.165, 1.54) is 14.0 Å². The van der Waals surface area contributed by atoms with Crippen molar-refractivity contribution in [2.24, 2.45) is 0 Å². The third-order valence-electron chi connectivity index (χ3n) is 2.56. The van der Waals surface area contributed by atoms with Crippen LogP contribution in [0.1, 0.15) is 12.5 Å². The van der Waals surface area contributed by atoms with Gasteiger partial charge in [-0.2, -0.15) is 0 Å². The van der Waals surface area contributed by atoms with Gasteiger partial charge in [0.2, 0.25) is 10.0 Å². The van der Waals surface area contributed by atoms with E-state index in [2.05, 4.69) is 4.72 Å². The lowest BCUT2D eigenvalue weighted by molar-refractivity contribution is -0.138. The Morgan fingerprint density at radius 1 is 1.42 bits per heavy atom. The molecule has 1 aromatic rings. The summed E-state index contributed by atoms with van der Waals surface area (Å²) in [6.07, 6.45) is 0.256. The molecule has 1 unspecified atom stereocenters. The minimum Gasteiger partial charge on any atom is -0.496 e. The Morgan fingerprint density at radius 2 is 2.05 bits per heavy atom. The summed E-state index contributed by atoms with van der Waals surface area (Å²) in [5.41, 5.74) is 0.762. The van der Waals surface area contributed by atoms with Crippen molar-refractivity contribution in [3.05, 3.63) is 29.8 Å². The summed E-state index contributed by atoms with van der Waals surface area (Å²) in [5.74, 6) is -0.782. The highest BCUT2D eigenvalue weighted by Gasteiger charge is 2.19. The minimum atomic E-state index is -3.64. The summed E-state index contributed by atoms with van der Waals surface area (Å²) >= 11 is 0. The van der Waals surface area contributed by atoms with E-state index in [0.29, 0.717) is 5.75 Å². The molecule has 106 valence electrons. The topological polar surface area (TPSA) is 92.7 Å². The zero-order valence-electron chi connectivity index (χ0n) is 10.8. The molecule has 1 aromatic carbocycles. The van der Waals surface area contributed by atoms with Crippen molar-refractivity contribution in [3.8, 4) is 5.75 Å². The Balaban J connectivity index is 2.67. The molecule has 0 aliphatic heterocycles. The third kappa shape index (κ3) is 4.88. The second-order valence-electron chi connectivity index (χ2n) is 4.06. The molecule has 6 nitrogen and oxygen atoms in total. The molecule has 0 aromatic heterocycles. The van der Waals surface area contributed by atoms with Crippen LogP contribution in [-0.4, -0.2) is 38.4 Å². The number of aryl methyl sites for hydroxylation is 1. The molecule has 0 radical (unpaired) electrons. The Hall–Kier alpha value is -1.60. The highest BCUT2D eigenvalue weighted by atomic mass is 32.2. The van der Waals surface area contributed by atoms with Crippen LogP contribution < -0.4 is 9.46 Å². The lowest BCUT2D eigenvalue weighted by atomic mass is 10.1. The van der Waals surface area contributed by atoms with Crippen LogP contribution in [0, 0.1) is 0 Å². The average Bonchev–Trinajstić information content (AvgIpc) is 2.36. The summed E-state index contributed by atoms with van der Waals surface area (Å²) in [5, 5.41) is 8.67. The monoisotopic (exact) mass is 287 g/mol. The second kappa shape index (κ2) is 6.53. The summed E-state index contributed by atoms with van der Waals surface area (Å²) in [6.45, 7) is 1.28. The molecule has 0 aliphatic rings. The molecule has 1 atom stereocenters. The first-order valence-corrected chi connectivity index (χ1v) is 7.35. The van der Waals surface area contributed by atoms with Crippen LogP contribution in [0.2, 0.25) is 0 Å². The SMILES string of the molecule is COc1ccccc1CCS(=O)(=O)NC(C)C(=O)O. The first kappa shape index (κ1) is 15.5. The Kier molecular flexibility index (Phi) is 5.31. The maximum atomic E-state index is 11.7. The first-order chi connectivity index (χ1) is 8.85. The quantitative estimate of drug-likeness (QED) is 0.767. The van der Waals surface area contributed by atoms with Crippen molar-refractivity contribution in [2.45, 2.75) is 19.4 Å². The molecule has 0 aliphatic carbocycles. The van der Waals surface area contributed by atoms with Gasteiger partial charge in [0, 0.05) is 0 Å². The van der Waals surface area contributed by atoms with E-state index in [0.717, 1.165) is 5.56 Å². The van der Waals surface area contributed by atoms with Gasteiger partial charge < -0.3 is 9.84 Å². The van der Waals surface area contributed by atoms with Gasteiger partial charge in [0.25, 0.3) is 0 Å². The van der Waals surface area contributed by atoms with Crippen LogP contribution in [0.15, 0.2) is 24.3 Å². The van der Waals surface area contributed by atoms with Crippen molar-refractivity contribution in [1.82, 2.24) is 4.72 Å². The molecule has 2 N–H and O–H groups in total. The third-order valence-corrected chi connectivity index (χ3v) is 4.01. The molecular formula is C12H17NO5S. The Morgan fingerprint density at radius 3 is 2.63 bits per heavy atom. The van der Waals surface area contributed by atoms with E-state index >= 15 is 0 Å². The highest BCUT2D eigenvalue weighted by Crippen LogP contribution is 2.18. The lowest BCUT2D eigenvalue weighted by Crippen LogP contribution is -2.39. The number of carbonyl (C=O) groups is 1. The molecule has 0 saturated carbocycles. The Labute approximate surface area is 112 Å². The van der Waals surface area contributed by atoms with E-state index in [4.69, 9.17) is 9.84 Å². The van der Waals surface area contributed by atoms with E-state index in [1.54, 1.807) is 24.3 Å². The average molecular weight is 287 g/mol. The van der Waals surface area contributed by atoms with Crippen molar-refractivity contribution >= 4 is 16.0 Å². The number of hydrogen-bond acceptors (Lipinski definition) is 4. The van der Waals surface area contributed by atoms with Crippen molar-refractivity contribution in [1.29, 1.82) is 0 Å². The van der Waals surface area contributed by atoms with E-state index < -0.39 is 22.0 Å². The fraction of sp³-hybridized carbons (Fsp3) is 0.417. The smallest absolute Gasteiger partial charge is 0.321 e. The molecule has 0 spiro atoms. The zero-order valence-corrected chi connectivity index (χ0v) is 11.6. The van der Waals surface area contributed by atoms with Crippen LogP contribution in [0.4, 0.5) is 0 Å². The molecule has 1 rings (SSSR count). The number of aliphatic carboxylic acids is 1. The van der Waals surface area contributed by atoms with Crippen LogP contribution in [0.5, 0.6) is 5.75 Å². The van der Waals surface area contributed by atoms with E-state index in [1.807, 2.05) is 0 Å². The van der Waals surface area contributed by atoms with Crippen molar-refractivity contribution in [2.75, 3.05) is 12.9 Å². The van der Waals surface area contributed by atoms with Crippen molar-refractivity contribution < 1.29 is 23.1 Å². The maximum Gasteiger partial charge on any atom is 0.321 e. The largest absolute Gasteiger partial charge is 0.496 e. The molecule has 0 heterocycles. The second-order valence-corrected chi connectivity index (χ2v) is 5.93. The summed E-state index contributed by atoms with van der Waals surface area (Å²) in [4.78, 5) is 10.6. The summed E-state index contributed by atoms with van der Waals surface area (Å²) in [7, 11) is -2.12. The van der Waals surface area contributed by atoms with Gasteiger partial charge in [-0.15, -0.1) is 0 Å². The molecule has 0 saturated heterocycles. The highest BCUT2D eigenvalue weighted by molar-refractivity contribution is 7.89. The molecule has 0 bridgehead atoms. The number of rotatable bonds is 7. The predicted molar refractivity (Wildman–Crippen MR) is 70.7 cm³/mol. The fourth-order valence-corrected chi connectivity index (χ4v) is 2.78. The van der Waals surface area contributed by atoms with Gasteiger partial charge in [0.1, 0.15) is 11.8 Å². The number of ether oxygens (including phenoxy) is 1. The molecule has 19 heavy (non-hydrogen) atoms. The van der Waals surface area contributed by atoms with Crippen LogP contribution in [0.25, 0.3) is 0 Å². The maximum absolute atomic E-state index is 11.7. The van der Waals surface area contributed by atoms with Gasteiger partial charge in [-0.05, 0) is 25.0 Å². The summed E-state index contributed by atoms with van der Waals surface area (Å²) < 4.78 is 30.6. The molecule has 0 amide bonds. The molecule has 7 heteroatoms. The number of sulfonamides is 1. The van der Waals surface area contributed by atoms with E-state index in [-0.39, 0.29) is 12.2 Å². The molecular weight excluding hydrogens is 270 g/mol. The zero-order chi connectivity index (χ0) is 14.5. The van der Waals surface area contributed by atoms with Crippen LogP contribution in [-0.2, 0) is 21.2 Å². The number of carboxylic acid groups (broad SMARTS) is 1. The summed E-state index contributed by atoms with van der Waals surface area (Å²) in [6, 6.07) is 5.96. The standard InChI is InChI=1S/C12H17NO5S/c1-9(12(14)15)13-19(16,17)8-7-10-5-3-4-6-11(10)18-2/h3-6,9,13H,7-8H2,1-2H3,(H,14,15). The number of benzene rings is 1. The van der Waals surface area contributed by atoms with Gasteiger partial charge >= 0.3 is 5.97 Å². The number of para-hydroxylation sites is 1. The van der Waals surface area contributed by atoms with Crippen LogP contribution in [0.3, 0.4) is 0 Å². The van der Waals surface area contributed by atoms with Gasteiger partial charge in [0.05, 0.1) is 12.9 Å². The van der Waals surface area contributed by atoms with Gasteiger partial charge in [-0.25, -0.2) is 13.1 Å². The minimum absolute atomic E-state index is 0.189. The number of methoxy groups -OCH3 is 1. The van der Waals surface area contributed by atoms with Crippen LogP contribution >= 0.6 is 0 Å². The number of carboxylic acids is 1. The van der Waals surface area contributed by atoms with Gasteiger partial charge in [-0.1, -0.05) is 18.2 Å². The predicted octanol–water partition coefficient (Wildman–Crippen LogP) is 0.630. The first-order valence-electron chi connectivity index (χ1n) is 5.70.